The van der Waals surface area contributed by atoms with Crippen molar-refractivity contribution in [3.8, 4) is 0 Å². The minimum Gasteiger partial charge on any atom is -0.381 e. The van der Waals surface area contributed by atoms with E-state index in [2.05, 4.69) is 19.6 Å². The van der Waals surface area contributed by atoms with Crippen molar-refractivity contribution in [2.75, 3.05) is 19.8 Å². The number of aromatic nitrogens is 5. The Morgan fingerprint density at radius 2 is 2.04 bits per heavy atom. The van der Waals surface area contributed by atoms with Crippen molar-refractivity contribution in [2.24, 2.45) is 0 Å². The van der Waals surface area contributed by atoms with Crippen molar-refractivity contribution in [1.82, 2.24) is 29.2 Å². The number of hydrogen-bond donors (Lipinski definition) is 0. The molecule has 27 heavy (non-hydrogen) atoms. The SMILES string of the molecule is Cc1cc2n(n1)CCN(C(=O)c1cnc3c(c1)ncn3C1CCOCC1)C2. The fourth-order valence-electron chi connectivity index (χ4n) is 4.03. The first-order valence-corrected chi connectivity index (χ1v) is 9.42. The highest BCUT2D eigenvalue weighted by Gasteiger charge is 2.24. The van der Waals surface area contributed by atoms with Gasteiger partial charge in [-0.2, -0.15) is 5.10 Å². The van der Waals surface area contributed by atoms with E-state index in [0.717, 1.165) is 55.2 Å². The highest BCUT2D eigenvalue weighted by atomic mass is 16.5. The molecule has 5 heterocycles. The summed E-state index contributed by atoms with van der Waals surface area (Å²) >= 11 is 0. The first-order chi connectivity index (χ1) is 13.2. The normalized spacial score (nSPS) is 18.0. The molecule has 0 aliphatic carbocycles. The van der Waals surface area contributed by atoms with E-state index in [4.69, 9.17) is 4.74 Å². The number of nitrogens with zero attached hydrogens (tertiary/aromatic N) is 6. The number of fused-ring (bicyclic) bond motifs is 2. The number of aryl methyl sites for hydroxylation is 1. The Morgan fingerprint density at radius 1 is 1.19 bits per heavy atom. The molecule has 8 heteroatoms. The third-order valence-corrected chi connectivity index (χ3v) is 5.45. The second-order valence-corrected chi connectivity index (χ2v) is 7.29. The number of ether oxygens (including phenoxy) is 1. The molecule has 0 unspecified atom stereocenters. The molecule has 140 valence electrons. The highest BCUT2D eigenvalue weighted by Crippen LogP contribution is 2.25. The fourth-order valence-corrected chi connectivity index (χ4v) is 4.03. The molecule has 8 nitrogen and oxygen atoms in total. The van der Waals surface area contributed by atoms with Crippen molar-refractivity contribution in [1.29, 1.82) is 0 Å². The van der Waals surface area contributed by atoms with Crippen molar-refractivity contribution >= 4 is 17.1 Å². The average Bonchev–Trinajstić information content (AvgIpc) is 3.29. The average molecular weight is 366 g/mol. The van der Waals surface area contributed by atoms with Crippen molar-refractivity contribution in [3.63, 3.8) is 0 Å². The third-order valence-electron chi connectivity index (χ3n) is 5.45. The quantitative estimate of drug-likeness (QED) is 0.693. The number of carbonyl (C=O) groups is 1. The maximum atomic E-state index is 13.0. The standard InChI is InChI=1S/C19H22N6O2/c1-13-8-16-11-23(4-5-25(16)22-13)19(26)14-9-17-18(20-10-14)24(12-21-17)15-2-6-27-7-3-15/h8-10,12,15H,2-7,11H2,1H3. The lowest BCUT2D eigenvalue weighted by atomic mass is 10.1. The summed E-state index contributed by atoms with van der Waals surface area (Å²) in [5, 5.41) is 4.45. The molecule has 0 spiro atoms. The Labute approximate surface area is 156 Å². The summed E-state index contributed by atoms with van der Waals surface area (Å²) in [6.07, 6.45) is 5.45. The summed E-state index contributed by atoms with van der Waals surface area (Å²) in [6, 6.07) is 4.26. The monoisotopic (exact) mass is 366 g/mol. The van der Waals surface area contributed by atoms with Gasteiger partial charge in [0.15, 0.2) is 5.65 Å². The van der Waals surface area contributed by atoms with Crippen LogP contribution in [-0.4, -0.2) is 54.9 Å². The molecule has 3 aromatic heterocycles. The summed E-state index contributed by atoms with van der Waals surface area (Å²) in [4.78, 5) is 23.9. The summed E-state index contributed by atoms with van der Waals surface area (Å²) in [5.74, 6) is -0.00452. The number of rotatable bonds is 2. The Kier molecular flexibility index (Phi) is 3.93. The number of imidazole rings is 1. The zero-order valence-corrected chi connectivity index (χ0v) is 15.3. The molecule has 0 radical (unpaired) electrons. The van der Waals surface area contributed by atoms with Gasteiger partial charge in [-0.3, -0.25) is 9.48 Å². The molecule has 0 N–H and O–H groups in total. The number of pyridine rings is 1. The second-order valence-electron chi connectivity index (χ2n) is 7.29. The molecule has 0 saturated carbocycles. The maximum Gasteiger partial charge on any atom is 0.255 e. The molecule has 5 rings (SSSR count). The highest BCUT2D eigenvalue weighted by molar-refractivity contribution is 5.96. The molecule has 2 aliphatic rings. The van der Waals surface area contributed by atoms with Crippen LogP contribution >= 0.6 is 0 Å². The van der Waals surface area contributed by atoms with E-state index in [9.17, 15) is 4.79 Å². The van der Waals surface area contributed by atoms with Gasteiger partial charge in [-0.25, -0.2) is 9.97 Å². The minimum absolute atomic E-state index is 0.00452. The summed E-state index contributed by atoms with van der Waals surface area (Å²) in [6.45, 7) is 5.47. The van der Waals surface area contributed by atoms with Gasteiger partial charge in [0.25, 0.3) is 5.91 Å². The van der Waals surface area contributed by atoms with Gasteiger partial charge in [0.05, 0.1) is 36.4 Å². The minimum atomic E-state index is -0.00452. The molecule has 1 fully saturated rings. The lowest BCUT2D eigenvalue weighted by Crippen LogP contribution is -2.38. The molecule has 2 aliphatic heterocycles. The summed E-state index contributed by atoms with van der Waals surface area (Å²) < 4.78 is 9.55. The Balaban J connectivity index is 1.39. The van der Waals surface area contributed by atoms with Crippen LogP contribution in [0.2, 0.25) is 0 Å². The molecular formula is C19H22N6O2. The molecule has 3 aromatic rings. The zero-order chi connectivity index (χ0) is 18.4. The van der Waals surface area contributed by atoms with E-state index >= 15 is 0 Å². The Hall–Kier alpha value is -2.74. The molecule has 0 atom stereocenters. The second kappa shape index (κ2) is 6.45. The molecule has 0 bridgehead atoms. The lowest BCUT2D eigenvalue weighted by Gasteiger charge is -2.27. The molecular weight excluding hydrogens is 344 g/mol. The maximum absolute atomic E-state index is 13.0. The topological polar surface area (TPSA) is 78.1 Å². The van der Waals surface area contributed by atoms with Crippen molar-refractivity contribution in [2.45, 2.75) is 38.9 Å². The van der Waals surface area contributed by atoms with E-state index in [1.807, 2.05) is 35.0 Å². The molecule has 1 saturated heterocycles. The smallest absolute Gasteiger partial charge is 0.255 e. The number of hydrogen-bond acceptors (Lipinski definition) is 5. The van der Waals surface area contributed by atoms with Crippen molar-refractivity contribution in [3.05, 3.63) is 41.6 Å². The van der Waals surface area contributed by atoms with E-state index in [0.29, 0.717) is 24.7 Å². The van der Waals surface area contributed by atoms with Crippen LogP contribution in [0.4, 0.5) is 0 Å². The fraction of sp³-hybridized carbons (Fsp3) is 0.474. The van der Waals surface area contributed by atoms with Crippen LogP contribution in [-0.2, 0) is 17.8 Å². The third kappa shape index (κ3) is 2.90. The van der Waals surface area contributed by atoms with Crippen LogP contribution in [0.15, 0.2) is 24.7 Å². The van der Waals surface area contributed by atoms with Crippen LogP contribution < -0.4 is 0 Å². The first kappa shape index (κ1) is 16.4. The van der Waals surface area contributed by atoms with Crippen LogP contribution in [0.5, 0.6) is 0 Å². The van der Waals surface area contributed by atoms with Crippen molar-refractivity contribution < 1.29 is 9.53 Å². The predicted octanol–water partition coefficient (Wildman–Crippen LogP) is 1.94. The van der Waals surface area contributed by atoms with Gasteiger partial charge in [0, 0.05) is 32.0 Å². The summed E-state index contributed by atoms with van der Waals surface area (Å²) in [7, 11) is 0. The van der Waals surface area contributed by atoms with Gasteiger partial charge in [0.2, 0.25) is 0 Å². The van der Waals surface area contributed by atoms with Crippen LogP contribution in [0.25, 0.3) is 11.2 Å². The predicted molar refractivity (Wildman–Crippen MR) is 98.3 cm³/mol. The van der Waals surface area contributed by atoms with E-state index < -0.39 is 0 Å². The van der Waals surface area contributed by atoms with Crippen LogP contribution in [0, 0.1) is 6.92 Å². The number of carbonyl (C=O) groups excluding carboxylic acids is 1. The first-order valence-electron chi connectivity index (χ1n) is 9.42. The molecule has 1 amide bonds. The van der Waals surface area contributed by atoms with Gasteiger partial charge in [-0.05, 0) is 31.9 Å². The van der Waals surface area contributed by atoms with Gasteiger partial charge < -0.3 is 14.2 Å². The largest absolute Gasteiger partial charge is 0.381 e. The van der Waals surface area contributed by atoms with Crippen LogP contribution in [0.3, 0.4) is 0 Å². The van der Waals surface area contributed by atoms with E-state index in [1.165, 1.54) is 0 Å². The van der Waals surface area contributed by atoms with Crippen LogP contribution in [0.1, 0.15) is 40.6 Å². The van der Waals surface area contributed by atoms with E-state index in [1.54, 1.807) is 6.20 Å². The van der Waals surface area contributed by atoms with Gasteiger partial charge in [0.1, 0.15) is 5.52 Å². The lowest BCUT2D eigenvalue weighted by molar-refractivity contribution is 0.0704. The summed E-state index contributed by atoms with van der Waals surface area (Å²) in [5.41, 5.74) is 4.26. The van der Waals surface area contributed by atoms with Gasteiger partial charge in [-0.1, -0.05) is 0 Å². The Morgan fingerprint density at radius 3 is 2.89 bits per heavy atom. The molecule has 0 aromatic carbocycles. The van der Waals surface area contributed by atoms with E-state index in [-0.39, 0.29) is 5.91 Å². The zero-order valence-electron chi connectivity index (χ0n) is 15.3. The Bertz CT molecular complexity index is 1000. The van der Waals surface area contributed by atoms with Gasteiger partial charge >= 0.3 is 0 Å². The van der Waals surface area contributed by atoms with Gasteiger partial charge in [-0.15, -0.1) is 0 Å². The number of amides is 1.